The van der Waals surface area contributed by atoms with E-state index < -0.39 is 24.1 Å². The van der Waals surface area contributed by atoms with E-state index in [4.69, 9.17) is 5.11 Å². The maximum absolute atomic E-state index is 12.1. The van der Waals surface area contributed by atoms with Crippen molar-refractivity contribution >= 4 is 17.9 Å². The molecule has 1 rings (SSSR count). The standard InChI is InChI=1S/C13H23N3O4/c1-8(2)7-9(12(18)19)15-13(20)16-6-4-5-10(16)11(17)14-3/h8-10H,4-7H2,1-3H3,(H,14,17)(H,15,20)(H,18,19)/t9-,10?/m1/s1. The maximum Gasteiger partial charge on any atom is 0.326 e. The molecule has 114 valence electrons. The molecule has 0 aromatic heterocycles. The van der Waals surface area contributed by atoms with Gasteiger partial charge in [-0.05, 0) is 25.2 Å². The number of carbonyl (C=O) groups excluding carboxylic acids is 2. The molecular formula is C13H23N3O4. The van der Waals surface area contributed by atoms with Crippen molar-refractivity contribution in [3.63, 3.8) is 0 Å². The van der Waals surface area contributed by atoms with Crippen molar-refractivity contribution in [3.8, 4) is 0 Å². The Morgan fingerprint density at radius 1 is 1.35 bits per heavy atom. The number of likely N-dealkylation sites (N-methyl/N-ethyl adjacent to an activating group) is 1. The van der Waals surface area contributed by atoms with Crippen molar-refractivity contribution in [1.29, 1.82) is 0 Å². The van der Waals surface area contributed by atoms with Crippen LogP contribution in [0.25, 0.3) is 0 Å². The van der Waals surface area contributed by atoms with E-state index in [0.717, 1.165) is 6.42 Å². The second-order valence-corrected chi connectivity index (χ2v) is 5.44. The first-order valence-electron chi connectivity index (χ1n) is 6.88. The zero-order valence-corrected chi connectivity index (χ0v) is 12.2. The average Bonchev–Trinajstić information content (AvgIpc) is 2.85. The molecule has 20 heavy (non-hydrogen) atoms. The zero-order chi connectivity index (χ0) is 15.3. The van der Waals surface area contributed by atoms with E-state index in [1.807, 2.05) is 13.8 Å². The van der Waals surface area contributed by atoms with E-state index in [-0.39, 0.29) is 11.8 Å². The third-order valence-corrected chi connectivity index (χ3v) is 3.37. The fraction of sp³-hybridized carbons (Fsp3) is 0.769. The molecule has 1 saturated heterocycles. The van der Waals surface area contributed by atoms with Gasteiger partial charge in [0.15, 0.2) is 0 Å². The van der Waals surface area contributed by atoms with Gasteiger partial charge in [0.05, 0.1) is 0 Å². The molecule has 0 radical (unpaired) electrons. The van der Waals surface area contributed by atoms with Crippen molar-refractivity contribution < 1.29 is 19.5 Å². The number of carboxylic acids is 1. The minimum atomic E-state index is -1.05. The van der Waals surface area contributed by atoms with Gasteiger partial charge in [-0.15, -0.1) is 0 Å². The number of hydrogen-bond donors (Lipinski definition) is 3. The summed E-state index contributed by atoms with van der Waals surface area (Å²) in [6.07, 6.45) is 1.71. The van der Waals surface area contributed by atoms with Crippen LogP contribution in [0.1, 0.15) is 33.1 Å². The van der Waals surface area contributed by atoms with Gasteiger partial charge in [0.2, 0.25) is 5.91 Å². The lowest BCUT2D eigenvalue weighted by Crippen LogP contribution is -2.53. The SMILES string of the molecule is CNC(=O)C1CCCN1C(=O)N[C@H](CC(C)C)C(=O)O. The molecule has 3 amide bonds. The van der Waals surface area contributed by atoms with Gasteiger partial charge in [0, 0.05) is 13.6 Å². The van der Waals surface area contributed by atoms with Gasteiger partial charge in [0.1, 0.15) is 12.1 Å². The third-order valence-electron chi connectivity index (χ3n) is 3.37. The number of amides is 3. The Morgan fingerprint density at radius 3 is 2.50 bits per heavy atom. The lowest BCUT2D eigenvalue weighted by molar-refractivity contribution is -0.139. The Balaban J connectivity index is 2.68. The summed E-state index contributed by atoms with van der Waals surface area (Å²) in [6.45, 7) is 4.26. The third kappa shape index (κ3) is 4.11. The van der Waals surface area contributed by atoms with Crippen LogP contribution < -0.4 is 10.6 Å². The number of carboxylic acid groups (broad SMARTS) is 1. The molecule has 3 N–H and O–H groups in total. The predicted octanol–water partition coefficient (Wildman–Crippen LogP) is 0.406. The average molecular weight is 285 g/mol. The summed E-state index contributed by atoms with van der Waals surface area (Å²) in [5, 5.41) is 14.2. The van der Waals surface area contributed by atoms with E-state index >= 15 is 0 Å². The number of carbonyl (C=O) groups is 3. The van der Waals surface area contributed by atoms with Gasteiger partial charge >= 0.3 is 12.0 Å². The Morgan fingerprint density at radius 2 is 2.00 bits per heavy atom. The van der Waals surface area contributed by atoms with Crippen molar-refractivity contribution in [2.24, 2.45) is 5.92 Å². The molecule has 0 aromatic rings. The van der Waals surface area contributed by atoms with Crippen LogP contribution in [0, 0.1) is 5.92 Å². The lowest BCUT2D eigenvalue weighted by atomic mass is 10.0. The highest BCUT2D eigenvalue weighted by molar-refractivity contribution is 5.89. The fourth-order valence-corrected chi connectivity index (χ4v) is 2.37. The zero-order valence-electron chi connectivity index (χ0n) is 12.2. The maximum atomic E-state index is 12.1. The molecule has 7 heteroatoms. The molecular weight excluding hydrogens is 262 g/mol. The van der Waals surface area contributed by atoms with E-state index in [1.165, 1.54) is 11.9 Å². The Bertz CT molecular complexity index is 384. The van der Waals surface area contributed by atoms with Crippen LogP contribution in [0.3, 0.4) is 0 Å². The summed E-state index contributed by atoms with van der Waals surface area (Å²) in [4.78, 5) is 36.4. The molecule has 0 saturated carbocycles. The Hall–Kier alpha value is -1.79. The summed E-state index contributed by atoms with van der Waals surface area (Å²) in [5.74, 6) is -1.11. The first-order chi connectivity index (χ1) is 9.36. The number of hydrogen-bond acceptors (Lipinski definition) is 3. The molecule has 0 aromatic carbocycles. The summed E-state index contributed by atoms with van der Waals surface area (Å²) >= 11 is 0. The highest BCUT2D eigenvalue weighted by Gasteiger charge is 2.35. The van der Waals surface area contributed by atoms with Crippen LogP contribution in [-0.2, 0) is 9.59 Å². The Labute approximate surface area is 118 Å². The fourth-order valence-electron chi connectivity index (χ4n) is 2.37. The molecule has 1 unspecified atom stereocenters. The van der Waals surface area contributed by atoms with Crippen LogP contribution in [0.15, 0.2) is 0 Å². The summed E-state index contributed by atoms with van der Waals surface area (Å²) in [5.41, 5.74) is 0. The second-order valence-electron chi connectivity index (χ2n) is 5.44. The van der Waals surface area contributed by atoms with E-state index in [1.54, 1.807) is 0 Å². The predicted molar refractivity (Wildman–Crippen MR) is 73.2 cm³/mol. The molecule has 2 atom stereocenters. The molecule has 0 bridgehead atoms. The molecule has 1 fully saturated rings. The molecule has 1 aliphatic rings. The summed E-state index contributed by atoms with van der Waals surface area (Å²) < 4.78 is 0. The number of likely N-dealkylation sites (tertiary alicyclic amines) is 1. The van der Waals surface area contributed by atoms with Gasteiger partial charge < -0.3 is 20.6 Å². The molecule has 1 aliphatic heterocycles. The normalized spacial score (nSPS) is 19.8. The van der Waals surface area contributed by atoms with Gasteiger partial charge in [-0.25, -0.2) is 9.59 Å². The number of nitrogens with one attached hydrogen (secondary N) is 2. The smallest absolute Gasteiger partial charge is 0.326 e. The van der Waals surface area contributed by atoms with E-state index in [0.29, 0.717) is 19.4 Å². The minimum absolute atomic E-state index is 0.157. The van der Waals surface area contributed by atoms with Crippen LogP contribution >= 0.6 is 0 Å². The van der Waals surface area contributed by atoms with E-state index in [2.05, 4.69) is 10.6 Å². The molecule has 0 aliphatic carbocycles. The quantitative estimate of drug-likeness (QED) is 0.681. The topological polar surface area (TPSA) is 98.7 Å². The molecule has 0 spiro atoms. The van der Waals surface area contributed by atoms with Crippen LogP contribution in [0.2, 0.25) is 0 Å². The van der Waals surface area contributed by atoms with Gasteiger partial charge in [-0.3, -0.25) is 4.79 Å². The first-order valence-corrected chi connectivity index (χ1v) is 6.88. The number of nitrogens with zero attached hydrogens (tertiary/aromatic N) is 1. The summed E-state index contributed by atoms with van der Waals surface area (Å²) in [6, 6.07) is -1.91. The van der Waals surface area contributed by atoms with Gasteiger partial charge in [-0.2, -0.15) is 0 Å². The molecule has 7 nitrogen and oxygen atoms in total. The van der Waals surface area contributed by atoms with Gasteiger partial charge in [0.25, 0.3) is 0 Å². The van der Waals surface area contributed by atoms with Crippen LogP contribution in [0.4, 0.5) is 4.79 Å². The second kappa shape index (κ2) is 7.12. The number of aliphatic carboxylic acids is 1. The van der Waals surface area contributed by atoms with Crippen molar-refractivity contribution in [1.82, 2.24) is 15.5 Å². The number of rotatable bonds is 5. The minimum Gasteiger partial charge on any atom is -0.480 e. The number of urea groups is 1. The highest BCUT2D eigenvalue weighted by Crippen LogP contribution is 2.18. The largest absolute Gasteiger partial charge is 0.480 e. The van der Waals surface area contributed by atoms with E-state index in [9.17, 15) is 14.4 Å². The van der Waals surface area contributed by atoms with Gasteiger partial charge in [-0.1, -0.05) is 13.8 Å². The molecule has 1 heterocycles. The monoisotopic (exact) mass is 285 g/mol. The lowest BCUT2D eigenvalue weighted by Gasteiger charge is -2.26. The highest BCUT2D eigenvalue weighted by atomic mass is 16.4. The van der Waals surface area contributed by atoms with Crippen molar-refractivity contribution in [2.45, 2.75) is 45.2 Å². The van der Waals surface area contributed by atoms with Crippen molar-refractivity contribution in [2.75, 3.05) is 13.6 Å². The van der Waals surface area contributed by atoms with Crippen LogP contribution in [0.5, 0.6) is 0 Å². The Kier molecular flexibility index (Phi) is 5.79. The summed E-state index contributed by atoms with van der Waals surface area (Å²) in [7, 11) is 1.52. The van der Waals surface area contributed by atoms with Crippen LogP contribution in [-0.4, -0.2) is 53.6 Å². The first kappa shape index (κ1) is 16.3. The van der Waals surface area contributed by atoms with Crippen molar-refractivity contribution in [3.05, 3.63) is 0 Å².